The summed E-state index contributed by atoms with van der Waals surface area (Å²) in [5, 5.41) is 4.61. The number of aromatic nitrogens is 1. The topological polar surface area (TPSA) is 18.1 Å². The molecule has 0 bridgehead atoms. The summed E-state index contributed by atoms with van der Waals surface area (Å²) in [6.45, 7) is 0. The van der Waals surface area contributed by atoms with Gasteiger partial charge >= 0.3 is 0 Å². The van der Waals surface area contributed by atoms with E-state index >= 15 is 0 Å². The Balaban J connectivity index is 1.41. The van der Waals surface area contributed by atoms with Gasteiger partial charge in [0.05, 0.1) is 16.6 Å². The average Bonchev–Trinajstić information content (AvgIpc) is 3.69. The summed E-state index contributed by atoms with van der Waals surface area (Å²) in [5.41, 5.74) is 10.2. The molecule has 0 amide bonds. The molecule has 2 heteroatoms. The Morgan fingerprint density at radius 1 is 0.370 bits per heavy atom. The van der Waals surface area contributed by atoms with Crippen molar-refractivity contribution in [3.05, 3.63) is 176 Å². The van der Waals surface area contributed by atoms with Crippen molar-refractivity contribution in [2.45, 2.75) is 0 Å². The molecule has 2 aromatic heterocycles. The van der Waals surface area contributed by atoms with Crippen molar-refractivity contribution in [2.24, 2.45) is 0 Å². The lowest BCUT2D eigenvalue weighted by Gasteiger charge is -2.15. The third-order valence-corrected chi connectivity index (χ3v) is 9.02. The Morgan fingerprint density at radius 2 is 0.935 bits per heavy atom. The number of fused-ring (bicyclic) bond motifs is 4. The van der Waals surface area contributed by atoms with Crippen LogP contribution in [0.5, 0.6) is 0 Å². The number of furan rings is 1. The summed E-state index contributed by atoms with van der Waals surface area (Å²) in [4.78, 5) is 0. The minimum atomic E-state index is 0.875. The van der Waals surface area contributed by atoms with Crippen LogP contribution in [0.15, 0.2) is 180 Å². The predicted octanol–water partition coefficient (Wildman–Crippen LogP) is 12.2. The molecule has 216 valence electrons. The maximum absolute atomic E-state index is 7.17. The van der Waals surface area contributed by atoms with Gasteiger partial charge in [0.1, 0.15) is 11.5 Å². The van der Waals surface area contributed by atoms with Crippen molar-refractivity contribution in [3.63, 3.8) is 0 Å². The molecule has 0 aliphatic carbocycles. The van der Waals surface area contributed by atoms with Gasteiger partial charge in [-0.15, -0.1) is 0 Å². The average molecular weight is 588 g/mol. The van der Waals surface area contributed by atoms with Gasteiger partial charge in [-0.3, -0.25) is 0 Å². The van der Waals surface area contributed by atoms with Crippen LogP contribution in [0, 0.1) is 0 Å². The van der Waals surface area contributed by atoms with Crippen molar-refractivity contribution in [1.29, 1.82) is 0 Å². The number of para-hydroxylation sites is 2. The second kappa shape index (κ2) is 10.8. The maximum Gasteiger partial charge on any atom is 0.145 e. The fourth-order valence-corrected chi connectivity index (χ4v) is 6.95. The Hall–Kier alpha value is -6.12. The molecule has 46 heavy (non-hydrogen) atoms. The highest BCUT2D eigenvalue weighted by atomic mass is 16.3. The normalized spacial score (nSPS) is 11.5. The van der Waals surface area contributed by atoms with E-state index in [1.807, 2.05) is 0 Å². The molecule has 0 aliphatic rings. The van der Waals surface area contributed by atoms with Crippen LogP contribution in [0.4, 0.5) is 0 Å². The van der Waals surface area contributed by atoms with Crippen molar-refractivity contribution in [3.8, 4) is 50.6 Å². The zero-order valence-electron chi connectivity index (χ0n) is 25.1. The quantitative estimate of drug-likeness (QED) is 0.196. The van der Waals surface area contributed by atoms with E-state index in [-0.39, 0.29) is 0 Å². The van der Waals surface area contributed by atoms with Gasteiger partial charge in [0.25, 0.3) is 0 Å². The number of hydrogen-bond acceptors (Lipinski definition) is 1. The molecule has 0 unspecified atom stereocenters. The lowest BCUT2D eigenvalue weighted by molar-refractivity contribution is 0.602. The van der Waals surface area contributed by atoms with Gasteiger partial charge in [0, 0.05) is 32.8 Å². The summed E-state index contributed by atoms with van der Waals surface area (Å²) in [6, 6.07) is 62.4. The van der Waals surface area contributed by atoms with E-state index in [9.17, 15) is 0 Å². The minimum Gasteiger partial charge on any atom is -0.455 e. The highest BCUT2D eigenvalue weighted by molar-refractivity contribution is 6.18. The molecular formula is C44H29NO. The summed E-state index contributed by atoms with van der Waals surface area (Å²) in [5.74, 6) is 1.75. The Kier molecular flexibility index (Phi) is 6.17. The van der Waals surface area contributed by atoms with Crippen LogP contribution >= 0.6 is 0 Å². The van der Waals surface area contributed by atoms with E-state index in [1.54, 1.807) is 0 Å². The smallest absolute Gasteiger partial charge is 0.145 e. The van der Waals surface area contributed by atoms with Crippen molar-refractivity contribution >= 4 is 32.6 Å². The molecule has 0 radical (unpaired) electrons. The molecule has 0 aliphatic heterocycles. The Labute approximate surface area is 267 Å². The van der Waals surface area contributed by atoms with Gasteiger partial charge in [-0.1, -0.05) is 152 Å². The van der Waals surface area contributed by atoms with Crippen LogP contribution < -0.4 is 0 Å². The van der Waals surface area contributed by atoms with Crippen LogP contribution in [-0.2, 0) is 0 Å². The molecule has 9 aromatic rings. The molecule has 2 nitrogen and oxygen atoms in total. The molecule has 0 saturated carbocycles. The number of hydrogen-bond donors (Lipinski definition) is 0. The Bertz CT molecular complexity index is 2500. The van der Waals surface area contributed by atoms with E-state index in [2.05, 4.69) is 180 Å². The van der Waals surface area contributed by atoms with Crippen LogP contribution in [0.3, 0.4) is 0 Å². The predicted molar refractivity (Wildman–Crippen MR) is 192 cm³/mol. The van der Waals surface area contributed by atoms with Crippen LogP contribution in [0.25, 0.3) is 83.2 Å². The summed E-state index contributed by atoms with van der Waals surface area (Å²) in [6.07, 6.45) is 0. The molecule has 0 N–H and O–H groups in total. The van der Waals surface area contributed by atoms with Gasteiger partial charge in [-0.05, 0) is 46.5 Å². The highest BCUT2D eigenvalue weighted by Crippen LogP contribution is 2.48. The minimum absolute atomic E-state index is 0.875. The SMILES string of the molecule is c1ccc(-c2cccc(-c3oc(-c4c(-c5ccccc5)ccc5c6ccccc6n(-c6ccccc6)c45)c4ccccc34)c2)cc1. The highest BCUT2D eigenvalue weighted by Gasteiger charge is 2.25. The molecule has 0 saturated heterocycles. The van der Waals surface area contributed by atoms with E-state index in [0.717, 1.165) is 61.3 Å². The fourth-order valence-electron chi connectivity index (χ4n) is 6.95. The van der Waals surface area contributed by atoms with E-state index < -0.39 is 0 Å². The van der Waals surface area contributed by atoms with Gasteiger partial charge in [-0.2, -0.15) is 0 Å². The second-order valence-corrected chi connectivity index (χ2v) is 11.7. The monoisotopic (exact) mass is 587 g/mol. The molecule has 7 aromatic carbocycles. The molecule has 0 atom stereocenters. The van der Waals surface area contributed by atoms with Crippen LogP contribution in [0.2, 0.25) is 0 Å². The Morgan fingerprint density at radius 3 is 1.67 bits per heavy atom. The first-order valence-corrected chi connectivity index (χ1v) is 15.7. The summed E-state index contributed by atoms with van der Waals surface area (Å²) in [7, 11) is 0. The van der Waals surface area contributed by atoms with E-state index in [1.165, 1.54) is 21.9 Å². The van der Waals surface area contributed by atoms with Crippen molar-refractivity contribution < 1.29 is 4.42 Å². The lowest BCUT2D eigenvalue weighted by atomic mass is 9.93. The van der Waals surface area contributed by atoms with Crippen molar-refractivity contribution in [1.82, 2.24) is 4.57 Å². The first-order valence-electron chi connectivity index (χ1n) is 15.7. The lowest BCUT2D eigenvalue weighted by Crippen LogP contribution is -1.96. The molecule has 9 rings (SSSR count). The van der Waals surface area contributed by atoms with Gasteiger partial charge in [0.2, 0.25) is 0 Å². The third kappa shape index (κ3) is 4.19. The zero-order chi connectivity index (χ0) is 30.5. The zero-order valence-corrected chi connectivity index (χ0v) is 25.1. The van der Waals surface area contributed by atoms with Crippen LogP contribution in [0.1, 0.15) is 0 Å². The maximum atomic E-state index is 7.17. The van der Waals surface area contributed by atoms with E-state index in [4.69, 9.17) is 4.42 Å². The van der Waals surface area contributed by atoms with Crippen molar-refractivity contribution in [2.75, 3.05) is 0 Å². The fraction of sp³-hybridized carbons (Fsp3) is 0. The molecule has 0 fully saturated rings. The summed E-state index contributed by atoms with van der Waals surface area (Å²) >= 11 is 0. The third-order valence-electron chi connectivity index (χ3n) is 9.02. The first kappa shape index (κ1) is 26.3. The van der Waals surface area contributed by atoms with Crippen LogP contribution in [-0.4, -0.2) is 4.57 Å². The summed E-state index contributed by atoms with van der Waals surface area (Å²) < 4.78 is 9.57. The number of nitrogens with zero attached hydrogens (tertiary/aromatic N) is 1. The van der Waals surface area contributed by atoms with Gasteiger partial charge < -0.3 is 8.98 Å². The second-order valence-electron chi connectivity index (χ2n) is 11.7. The molecule has 2 heterocycles. The number of rotatable bonds is 5. The number of benzene rings is 7. The molecule has 0 spiro atoms. The first-order chi connectivity index (χ1) is 22.8. The van der Waals surface area contributed by atoms with Gasteiger partial charge in [-0.25, -0.2) is 0 Å². The largest absolute Gasteiger partial charge is 0.455 e. The molecular weight excluding hydrogens is 558 g/mol. The standard InChI is InChI=1S/C44H29NO/c1-4-15-30(16-5-1)32-19-14-20-33(29-32)43-38-24-10-11-25-39(38)44(46-43)41-35(31-17-6-2-7-18-31)27-28-37-36-23-12-13-26-40(36)45(42(37)41)34-21-8-3-9-22-34/h1-29H. The van der Waals surface area contributed by atoms with E-state index in [0.29, 0.717) is 0 Å². The van der Waals surface area contributed by atoms with Gasteiger partial charge in [0.15, 0.2) is 0 Å².